The van der Waals surface area contributed by atoms with Gasteiger partial charge in [0.1, 0.15) is 29.4 Å². The average Bonchev–Trinajstić information content (AvgIpc) is 3.17. The van der Waals surface area contributed by atoms with Crippen molar-refractivity contribution in [2.75, 3.05) is 21.3 Å². The van der Waals surface area contributed by atoms with Crippen molar-refractivity contribution in [3.63, 3.8) is 0 Å². The number of amides is 1. The predicted molar refractivity (Wildman–Crippen MR) is 131 cm³/mol. The first-order valence-corrected chi connectivity index (χ1v) is 11.3. The summed E-state index contributed by atoms with van der Waals surface area (Å²) in [5.74, 6) is 1.45. The molecule has 0 atom stereocenters. The zero-order valence-electron chi connectivity index (χ0n) is 19.8. The van der Waals surface area contributed by atoms with Crippen LogP contribution in [0.4, 0.5) is 4.39 Å². The van der Waals surface area contributed by atoms with Crippen molar-refractivity contribution in [2.24, 2.45) is 0 Å². The van der Waals surface area contributed by atoms with E-state index in [2.05, 4.69) is 0 Å². The molecule has 0 fully saturated rings. The molecule has 0 unspecified atom stereocenters. The molecule has 1 amide bonds. The van der Waals surface area contributed by atoms with Crippen molar-refractivity contribution in [2.45, 2.75) is 19.6 Å². The molecular formula is C28H25FN2O4. The minimum atomic E-state index is -0.268. The smallest absolute Gasteiger partial charge is 0.258 e. The fourth-order valence-electron chi connectivity index (χ4n) is 4.46. The molecule has 35 heavy (non-hydrogen) atoms. The molecule has 0 bridgehead atoms. The van der Waals surface area contributed by atoms with E-state index in [0.29, 0.717) is 35.5 Å². The molecule has 0 spiro atoms. The van der Waals surface area contributed by atoms with E-state index < -0.39 is 0 Å². The lowest BCUT2D eigenvalue weighted by molar-refractivity contribution is 0.0813. The topological polar surface area (TPSA) is 60.9 Å². The van der Waals surface area contributed by atoms with Crippen molar-refractivity contribution < 1.29 is 23.4 Å². The molecule has 6 nitrogen and oxygen atoms in total. The minimum Gasteiger partial charge on any atom is -0.497 e. The number of halogens is 1. The Morgan fingerprint density at radius 3 is 2.34 bits per heavy atom. The lowest BCUT2D eigenvalue weighted by Crippen LogP contribution is -2.18. The highest BCUT2D eigenvalue weighted by atomic mass is 19.1. The van der Waals surface area contributed by atoms with E-state index >= 15 is 0 Å². The minimum absolute atomic E-state index is 0.123. The zero-order chi connectivity index (χ0) is 24.5. The summed E-state index contributed by atoms with van der Waals surface area (Å²) in [5.41, 5.74) is 4.71. The van der Waals surface area contributed by atoms with Crippen LogP contribution in [-0.2, 0) is 19.6 Å². The molecule has 1 aliphatic rings. The molecule has 0 saturated carbocycles. The van der Waals surface area contributed by atoms with Crippen LogP contribution in [-0.4, -0.2) is 37.1 Å². The fraction of sp³-hybridized carbons (Fsp3) is 0.214. The van der Waals surface area contributed by atoms with Crippen LogP contribution in [0.1, 0.15) is 32.6 Å². The highest BCUT2D eigenvalue weighted by Gasteiger charge is 2.34. The standard InChI is InChI=1S/C28H25FN2O4/c1-31-15-23-24(28(31)32)27(35-16-18-6-10-21(33-2)11-7-18)25-22(26(23)34-3)13-19(14-30-25)12-17-4-8-20(29)9-5-17/h4-11,13-14H,12,15-16H2,1-3H3. The maximum Gasteiger partial charge on any atom is 0.258 e. The highest BCUT2D eigenvalue weighted by Crippen LogP contribution is 2.44. The van der Waals surface area contributed by atoms with Gasteiger partial charge in [-0.3, -0.25) is 9.78 Å². The Balaban J connectivity index is 1.58. The van der Waals surface area contributed by atoms with Crippen LogP contribution in [0, 0.1) is 5.82 Å². The van der Waals surface area contributed by atoms with Gasteiger partial charge in [0.15, 0.2) is 5.75 Å². The largest absolute Gasteiger partial charge is 0.497 e. The molecule has 0 saturated heterocycles. The van der Waals surface area contributed by atoms with Gasteiger partial charge >= 0.3 is 0 Å². The molecule has 1 aliphatic heterocycles. The summed E-state index contributed by atoms with van der Waals surface area (Å²) in [4.78, 5) is 19.4. The fourth-order valence-corrected chi connectivity index (χ4v) is 4.46. The number of fused-ring (bicyclic) bond motifs is 2. The molecule has 2 heterocycles. The van der Waals surface area contributed by atoms with Gasteiger partial charge in [-0.15, -0.1) is 0 Å². The summed E-state index contributed by atoms with van der Waals surface area (Å²) < 4.78 is 30.6. The molecule has 4 aromatic rings. The number of rotatable bonds is 7. The van der Waals surface area contributed by atoms with Crippen molar-refractivity contribution in [3.05, 3.63) is 94.4 Å². The molecule has 1 aromatic heterocycles. The molecule has 178 valence electrons. The molecule has 0 radical (unpaired) electrons. The van der Waals surface area contributed by atoms with Crippen molar-refractivity contribution in [3.8, 4) is 17.2 Å². The Hall–Kier alpha value is -4.13. The third-order valence-electron chi connectivity index (χ3n) is 6.23. The van der Waals surface area contributed by atoms with E-state index in [9.17, 15) is 9.18 Å². The SMILES string of the molecule is COc1ccc(COc2c3c(c(OC)c4cc(Cc5ccc(F)cc5)cnc24)CN(C)C3=O)cc1. The average molecular weight is 473 g/mol. The Morgan fingerprint density at radius 2 is 1.66 bits per heavy atom. The second-order valence-electron chi connectivity index (χ2n) is 8.56. The third kappa shape index (κ3) is 4.25. The number of methoxy groups -OCH3 is 2. The monoisotopic (exact) mass is 472 g/mol. The van der Waals surface area contributed by atoms with Gasteiger partial charge < -0.3 is 19.1 Å². The predicted octanol–water partition coefficient (Wildman–Crippen LogP) is 5.15. The van der Waals surface area contributed by atoms with E-state index in [1.807, 2.05) is 30.3 Å². The van der Waals surface area contributed by atoms with Gasteiger partial charge in [-0.2, -0.15) is 0 Å². The van der Waals surface area contributed by atoms with Gasteiger partial charge in [0.05, 0.1) is 26.3 Å². The zero-order valence-corrected chi connectivity index (χ0v) is 19.8. The summed E-state index contributed by atoms with van der Waals surface area (Å²) >= 11 is 0. The number of benzene rings is 3. The van der Waals surface area contributed by atoms with Crippen molar-refractivity contribution in [1.29, 1.82) is 0 Å². The summed E-state index contributed by atoms with van der Waals surface area (Å²) in [6.07, 6.45) is 2.35. The quantitative estimate of drug-likeness (QED) is 0.373. The van der Waals surface area contributed by atoms with Gasteiger partial charge in [-0.25, -0.2) is 4.39 Å². The molecule has 7 heteroatoms. The van der Waals surface area contributed by atoms with E-state index in [0.717, 1.165) is 33.4 Å². The number of ether oxygens (including phenoxy) is 3. The van der Waals surface area contributed by atoms with Crippen molar-refractivity contribution in [1.82, 2.24) is 9.88 Å². The first-order chi connectivity index (χ1) is 17.0. The van der Waals surface area contributed by atoms with E-state index in [-0.39, 0.29) is 18.3 Å². The van der Waals surface area contributed by atoms with E-state index in [1.165, 1.54) is 12.1 Å². The molecular weight excluding hydrogens is 447 g/mol. The van der Waals surface area contributed by atoms with Crippen LogP contribution in [0.2, 0.25) is 0 Å². The van der Waals surface area contributed by atoms with Crippen LogP contribution in [0.3, 0.4) is 0 Å². The maximum atomic E-state index is 13.3. The number of hydrogen-bond donors (Lipinski definition) is 0. The number of hydrogen-bond acceptors (Lipinski definition) is 5. The Kier molecular flexibility index (Phi) is 5.99. The number of carbonyl (C=O) groups is 1. The number of carbonyl (C=O) groups excluding carboxylic acids is 1. The van der Waals surface area contributed by atoms with Crippen LogP contribution in [0.5, 0.6) is 17.2 Å². The van der Waals surface area contributed by atoms with Gasteiger partial charge in [0.25, 0.3) is 5.91 Å². The van der Waals surface area contributed by atoms with Crippen molar-refractivity contribution >= 4 is 16.8 Å². The summed E-state index contributed by atoms with van der Waals surface area (Å²) in [6, 6.07) is 16.0. The maximum absolute atomic E-state index is 13.3. The number of pyridine rings is 1. The number of aromatic nitrogens is 1. The van der Waals surface area contributed by atoms with Crippen LogP contribution in [0.25, 0.3) is 10.9 Å². The highest BCUT2D eigenvalue weighted by molar-refractivity contribution is 6.08. The molecule has 0 N–H and O–H groups in total. The third-order valence-corrected chi connectivity index (χ3v) is 6.23. The molecule has 5 rings (SSSR count). The van der Waals surface area contributed by atoms with Gasteiger partial charge in [-0.1, -0.05) is 24.3 Å². The van der Waals surface area contributed by atoms with Gasteiger partial charge in [-0.05, 0) is 53.4 Å². The second-order valence-corrected chi connectivity index (χ2v) is 8.56. The lowest BCUT2D eigenvalue weighted by Gasteiger charge is -2.17. The number of nitrogens with zero attached hydrogens (tertiary/aromatic N) is 2. The van der Waals surface area contributed by atoms with Crippen LogP contribution < -0.4 is 14.2 Å². The van der Waals surface area contributed by atoms with E-state index in [4.69, 9.17) is 19.2 Å². The first kappa shape index (κ1) is 22.7. The summed E-state index contributed by atoms with van der Waals surface area (Å²) in [5, 5.41) is 0.777. The first-order valence-electron chi connectivity index (χ1n) is 11.3. The summed E-state index contributed by atoms with van der Waals surface area (Å²) in [6.45, 7) is 0.697. The van der Waals surface area contributed by atoms with Crippen LogP contribution >= 0.6 is 0 Å². The van der Waals surface area contributed by atoms with Gasteiger partial charge in [0, 0.05) is 24.2 Å². The Morgan fingerprint density at radius 1 is 0.943 bits per heavy atom. The van der Waals surface area contributed by atoms with Crippen LogP contribution in [0.15, 0.2) is 60.8 Å². The Labute approximate surface area is 202 Å². The molecule has 3 aromatic carbocycles. The Bertz CT molecular complexity index is 1400. The second kappa shape index (κ2) is 9.25. The van der Waals surface area contributed by atoms with E-state index in [1.54, 1.807) is 44.5 Å². The lowest BCUT2D eigenvalue weighted by atomic mass is 9.99. The summed E-state index contributed by atoms with van der Waals surface area (Å²) in [7, 11) is 4.98. The van der Waals surface area contributed by atoms with Gasteiger partial charge in [0.2, 0.25) is 0 Å². The molecule has 0 aliphatic carbocycles. The normalized spacial score (nSPS) is 12.7.